The van der Waals surface area contributed by atoms with Crippen LogP contribution in [0.4, 0.5) is 5.69 Å². The van der Waals surface area contributed by atoms with Crippen molar-refractivity contribution in [3.05, 3.63) is 53.3 Å². The van der Waals surface area contributed by atoms with E-state index in [1.165, 1.54) is 7.11 Å². The highest BCUT2D eigenvalue weighted by molar-refractivity contribution is 6.29. The molecule has 0 saturated carbocycles. The Morgan fingerprint density at radius 3 is 2.83 bits per heavy atom. The van der Waals surface area contributed by atoms with Crippen molar-refractivity contribution in [2.24, 2.45) is 0 Å². The van der Waals surface area contributed by atoms with E-state index in [9.17, 15) is 9.59 Å². The molecule has 1 atom stereocenters. The van der Waals surface area contributed by atoms with Crippen LogP contribution in [0, 0.1) is 0 Å². The second-order valence-electron chi connectivity index (χ2n) is 5.23. The van der Waals surface area contributed by atoms with Crippen molar-refractivity contribution in [2.45, 2.75) is 19.1 Å². The monoisotopic (exact) mass is 346 g/mol. The van der Waals surface area contributed by atoms with E-state index in [0.717, 1.165) is 0 Å². The first-order chi connectivity index (χ1) is 11.6. The molecule has 0 radical (unpaired) electrons. The number of halogens is 1. The van der Waals surface area contributed by atoms with Gasteiger partial charge in [-0.2, -0.15) is 0 Å². The van der Waals surface area contributed by atoms with Crippen LogP contribution in [-0.4, -0.2) is 30.1 Å². The van der Waals surface area contributed by atoms with E-state index in [1.807, 2.05) is 6.07 Å². The van der Waals surface area contributed by atoms with Gasteiger partial charge in [-0.3, -0.25) is 14.5 Å². The number of carbonyl (C=O) groups is 2. The molecule has 0 spiro atoms. The van der Waals surface area contributed by atoms with Crippen LogP contribution in [0.1, 0.15) is 12.1 Å². The van der Waals surface area contributed by atoms with Gasteiger partial charge < -0.3 is 9.47 Å². The molecule has 0 aliphatic carbocycles. The maximum Gasteiger partial charge on any atom is 0.309 e. The number of hydrogen-bond acceptors (Lipinski definition) is 5. The minimum absolute atomic E-state index is 0.150. The molecule has 1 aliphatic heterocycles. The molecule has 6 nitrogen and oxygen atoms in total. The SMILES string of the molecule is COC(=O)C[C@H]1Oc2ccccc2N(Cc2cccc(Cl)n2)C1=O. The van der Waals surface area contributed by atoms with Crippen molar-refractivity contribution in [3.8, 4) is 5.75 Å². The molecule has 1 amide bonds. The molecule has 124 valence electrons. The van der Waals surface area contributed by atoms with Gasteiger partial charge in [0, 0.05) is 0 Å². The van der Waals surface area contributed by atoms with Crippen molar-refractivity contribution in [3.63, 3.8) is 0 Å². The average molecular weight is 347 g/mol. The highest BCUT2D eigenvalue weighted by Gasteiger charge is 2.36. The van der Waals surface area contributed by atoms with Gasteiger partial charge in [-0.1, -0.05) is 29.8 Å². The Hall–Kier alpha value is -2.60. The molecule has 24 heavy (non-hydrogen) atoms. The Kier molecular flexibility index (Phi) is 4.66. The van der Waals surface area contributed by atoms with Crippen LogP contribution in [0.3, 0.4) is 0 Å². The zero-order valence-electron chi connectivity index (χ0n) is 12.9. The summed E-state index contributed by atoms with van der Waals surface area (Å²) < 4.78 is 10.3. The van der Waals surface area contributed by atoms with E-state index < -0.39 is 12.1 Å². The zero-order valence-corrected chi connectivity index (χ0v) is 13.7. The highest BCUT2D eigenvalue weighted by atomic mass is 35.5. The normalized spacial score (nSPS) is 16.3. The van der Waals surface area contributed by atoms with Crippen molar-refractivity contribution in [1.82, 2.24) is 4.98 Å². The molecular weight excluding hydrogens is 332 g/mol. The van der Waals surface area contributed by atoms with E-state index in [4.69, 9.17) is 16.3 Å². The Balaban J connectivity index is 1.92. The van der Waals surface area contributed by atoms with Crippen LogP contribution in [0.2, 0.25) is 5.15 Å². The number of carbonyl (C=O) groups excluding carboxylic acids is 2. The second-order valence-corrected chi connectivity index (χ2v) is 5.62. The molecule has 1 aliphatic rings. The standard InChI is InChI=1S/C17H15ClN2O4/c1-23-16(21)9-14-17(22)20(10-11-5-4-8-15(18)19-11)12-6-2-3-7-13(12)24-14/h2-8,14H,9-10H2,1H3/t14-/m1/s1. The van der Waals surface area contributed by atoms with E-state index in [-0.39, 0.29) is 18.9 Å². The molecule has 0 N–H and O–H groups in total. The van der Waals surface area contributed by atoms with Gasteiger partial charge in [-0.05, 0) is 24.3 Å². The molecule has 1 aromatic heterocycles. The topological polar surface area (TPSA) is 68.7 Å². The molecule has 2 aromatic rings. The highest BCUT2D eigenvalue weighted by Crippen LogP contribution is 2.35. The molecule has 0 bridgehead atoms. The number of nitrogens with zero attached hydrogens (tertiary/aromatic N) is 2. The zero-order chi connectivity index (χ0) is 17.1. The minimum atomic E-state index is -0.925. The molecule has 7 heteroatoms. The fourth-order valence-corrected chi connectivity index (χ4v) is 2.68. The van der Waals surface area contributed by atoms with E-state index in [2.05, 4.69) is 9.72 Å². The lowest BCUT2D eigenvalue weighted by Crippen LogP contribution is -2.46. The van der Waals surface area contributed by atoms with E-state index >= 15 is 0 Å². The van der Waals surface area contributed by atoms with E-state index in [0.29, 0.717) is 22.3 Å². The van der Waals surface area contributed by atoms with Gasteiger partial charge in [0.05, 0.1) is 31.5 Å². The first-order valence-electron chi connectivity index (χ1n) is 7.34. The summed E-state index contributed by atoms with van der Waals surface area (Å²) in [5, 5.41) is 0.354. The third kappa shape index (κ3) is 3.33. The van der Waals surface area contributed by atoms with Gasteiger partial charge in [-0.15, -0.1) is 0 Å². The number of pyridine rings is 1. The summed E-state index contributed by atoms with van der Waals surface area (Å²) in [7, 11) is 1.28. The summed E-state index contributed by atoms with van der Waals surface area (Å²) in [6.45, 7) is 0.234. The number of rotatable bonds is 4. The summed E-state index contributed by atoms with van der Waals surface area (Å²) in [5.41, 5.74) is 1.27. The minimum Gasteiger partial charge on any atom is -0.478 e. The summed E-state index contributed by atoms with van der Waals surface area (Å²) in [5.74, 6) is -0.289. The smallest absolute Gasteiger partial charge is 0.309 e. The molecule has 2 heterocycles. The number of amides is 1. The van der Waals surface area contributed by atoms with Crippen LogP contribution in [0.25, 0.3) is 0 Å². The number of hydrogen-bond donors (Lipinski definition) is 0. The lowest BCUT2D eigenvalue weighted by atomic mass is 10.1. The van der Waals surface area contributed by atoms with Gasteiger partial charge in [0.1, 0.15) is 10.9 Å². The summed E-state index contributed by atoms with van der Waals surface area (Å²) in [6.07, 6.45) is -1.07. The average Bonchev–Trinajstić information content (AvgIpc) is 2.58. The molecular formula is C17H15ClN2O4. The maximum absolute atomic E-state index is 12.8. The second kappa shape index (κ2) is 6.88. The van der Waals surface area contributed by atoms with Crippen LogP contribution in [-0.2, 0) is 20.9 Å². The Morgan fingerprint density at radius 1 is 1.29 bits per heavy atom. The lowest BCUT2D eigenvalue weighted by molar-refractivity contribution is -0.145. The predicted molar refractivity (Wildman–Crippen MR) is 87.9 cm³/mol. The van der Waals surface area contributed by atoms with Crippen molar-refractivity contribution in [1.29, 1.82) is 0 Å². The Morgan fingerprint density at radius 2 is 2.08 bits per heavy atom. The fourth-order valence-electron chi connectivity index (χ4n) is 2.50. The van der Waals surface area contributed by atoms with E-state index in [1.54, 1.807) is 41.3 Å². The summed E-state index contributed by atoms with van der Waals surface area (Å²) in [6, 6.07) is 12.4. The van der Waals surface area contributed by atoms with Crippen molar-refractivity contribution in [2.75, 3.05) is 12.0 Å². The third-order valence-corrected chi connectivity index (χ3v) is 3.85. The maximum atomic E-state index is 12.8. The number of aromatic nitrogens is 1. The van der Waals surface area contributed by atoms with Gasteiger partial charge in [-0.25, -0.2) is 4.98 Å². The number of methoxy groups -OCH3 is 1. The molecule has 1 aromatic carbocycles. The Labute approximate surface area is 144 Å². The first kappa shape index (κ1) is 16.3. The number of fused-ring (bicyclic) bond motifs is 1. The van der Waals surface area contributed by atoms with Crippen LogP contribution in [0.5, 0.6) is 5.75 Å². The third-order valence-electron chi connectivity index (χ3n) is 3.64. The van der Waals surface area contributed by atoms with Crippen molar-refractivity contribution < 1.29 is 19.1 Å². The number of para-hydroxylation sites is 2. The Bertz CT molecular complexity index is 781. The van der Waals surface area contributed by atoms with Gasteiger partial charge in [0.15, 0.2) is 6.10 Å². The summed E-state index contributed by atoms with van der Waals surface area (Å²) >= 11 is 5.92. The van der Waals surface area contributed by atoms with Gasteiger partial charge in [0.25, 0.3) is 5.91 Å². The summed E-state index contributed by atoms with van der Waals surface area (Å²) in [4.78, 5) is 30.1. The first-order valence-corrected chi connectivity index (χ1v) is 7.71. The quantitative estimate of drug-likeness (QED) is 0.628. The van der Waals surface area contributed by atoms with Crippen LogP contribution < -0.4 is 9.64 Å². The number of anilines is 1. The molecule has 3 rings (SSSR count). The molecule has 0 saturated heterocycles. The fraction of sp³-hybridized carbons (Fsp3) is 0.235. The van der Waals surface area contributed by atoms with Crippen LogP contribution >= 0.6 is 11.6 Å². The lowest BCUT2D eigenvalue weighted by Gasteiger charge is -2.33. The van der Waals surface area contributed by atoms with Gasteiger partial charge in [0.2, 0.25) is 0 Å². The molecule has 0 unspecified atom stereocenters. The van der Waals surface area contributed by atoms with Crippen LogP contribution in [0.15, 0.2) is 42.5 Å². The van der Waals surface area contributed by atoms with Crippen molar-refractivity contribution >= 4 is 29.2 Å². The predicted octanol–water partition coefficient (Wildman–Crippen LogP) is 2.59. The largest absolute Gasteiger partial charge is 0.478 e. The number of esters is 1. The number of benzene rings is 1. The number of ether oxygens (including phenoxy) is 2. The molecule has 0 fully saturated rings. The van der Waals surface area contributed by atoms with Gasteiger partial charge >= 0.3 is 5.97 Å².